The van der Waals surface area contributed by atoms with Crippen molar-refractivity contribution in [2.45, 2.75) is 309 Å². The van der Waals surface area contributed by atoms with Crippen LogP contribution in [0.15, 0.2) is 134 Å². The molecule has 0 bridgehead atoms. The number of ether oxygens (including phenoxy) is 4. The van der Waals surface area contributed by atoms with Crippen molar-refractivity contribution in [1.29, 1.82) is 0 Å². The Morgan fingerprint density at radius 1 is 0.337 bits per heavy atom. The number of quaternary nitrogens is 1. The van der Waals surface area contributed by atoms with Crippen LogP contribution in [0.4, 0.5) is 0 Å². The first-order chi connectivity index (χ1) is 43.6. The Balaban J connectivity index is 4.12. The van der Waals surface area contributed by atoms with Crippen molar-refractivity contribution in [2.24, 2.45) is 0 Å². The minimum atomic E-state index is -1.63. The molecule has 0 heterocycles. The molecule has 0 aromatic carbocycles. The van der Waals surface area contributed by atoms with E-state index in [4.69, 9.17) is 18.9 Å². The van der Waals surface area contributed by atoms with E-state index in [1.54, 1.807) is 0 Å². The highest BCUT2D eigenvalue weighted by Gasteiger charge is 2.22. The van der Waals surface area contributed by atoms with Crippen LogP contribution in [0.2, 0.25) is 0 Å². The molecule has 0 rings (SSSR count). The molecule has 2 atom stereocenters. The first-order valence-corrected chi connectivity index (χ1v) is 36.3. The van der Waals surface area contributed by atoms with Gasteiger partial charge in [0.25, 0.3) is 0 Å². The molecule has 0 saturated heterocycles. The van der Waals surface area contributed by atoms with Gasteiger partial charge in [-0.1, -0.05) is 308 Å². The third kappa shape index (κ3) is 70.7. The quantitative estimate of drug-likeness (QED) is 0.0195. The molecule has 0 aliphatic heterocycles. The van der Waals surface area contributed by atoms with E-state index < -0.39 is 24.3 Å². The van der Waals surface area contributed by atoms with Gasteiger partial charge in [-0.25, -0.2) is 0 Å². The fourth-order valence-electron chi connectivity index (χ4n) is 9.92. The highest BCUT2D eigenvalue weighted by Crippen LogP contribution is 2.17. The minimum absolute atomic E-state index is 0.143. The number of hydrogen-bond acceptors (Lipinski definition) is 8. The zero-order valence-corrected chi connectivity index (χ0v) is 58.0. The largest absolute Gasteiger partial charge is 0.545 e. The number of carboxylic acids is 1. The number of nitrogens with zero attached hydrogens (tertiary/aromatic N) is 1. The van der Waals surface area contributed by atoms with Gasteiger partial charge in [0.05, 0.1) is 40.3 Å². The van der Waals surface area contributed by atoms with Gasteiger partial charge in [0.1, 0.15) is 13.2 Å². The molecule has 0 aromatic rings. The summed E-state index contributed by atoms with van der Waals surface area (Å²) in [5, 5.41) is 11.8. The normalized spacial score (nSPS) is 13.5. The van der Waals surface area contributed by atoms with E-state index in [9.17, 15) is 19.5 Å². The Hall–Kier alpha value is -4.57. The van der Waals surface area contributed by atoms with E-state index in [1.807, 2.05) is 21.1 Å². The Kier molecular flexibility index (Phi) is 65.8. The van der Waals surface area contributed by atoms with Crippen molar-refractivity contribution in [2.75, 3.05) is 47.5 Å². The molecule has 0 amide bonds. The lowest BCUT2D eigenvalue weighted by Crippen LogP contribution is -2.44. The Morgan fingerprint density at radius 2 is 0.607 bits per heavy atom. The molecular weight excluding hydrogens is 1100 g/mol. The molecule has 0 aliphatic rings. The van der Waals surface area contributed by atoms with Crippen LogP contribution >= 0.6 is 0 Å². The van der Waals surface area contributed by atoms with Gasteiger partial charge in [-0.15, -0.1) is 0 Å². The molecule has 0 aromatic heterocycles. The summed E-state index contributed by atoms with van der Waals surface area (Å²) in [6.45, 7) is 4.54. The predicted octanol–water partition coefficient (Wildman–Crippen LogP) is 21.6. The van der Waals surface area contributed by atoms with Crippen LogP contribution in [0.25, 0.3) is 0 Å². The molecule has 0 radical (unpaired) electrons. The van der Waals surface area contributed by atoms with Crippen molar-refractivity contribution in [3.63, 3.8) is 0 Å². The molecule has 0 fully saturated rings. The first-order valence-electron chi connectivity index (χ1n) is 36.3. The van der Waals surface area contributed by atoms with E-state index >= 15 is 0 Å². The number of hydrogen-bond donors (Lipinski definition) is 0. The number of rotatable bonds is 66. The van der Waals surface area contributed by atoms with Gasteiger partial charge in [-0.05, 0) is 109 Å². The number of carbonyl (C=O) groups is 3. The van der Waals surface area contributed by atoms with Crippen LogP contribution < -0.4 is 5.11 Å². The van der Waals surface area contributed by atoms with Gasteiger partial charge in [-0.3, -0.25) is 9.59 Å². The summed E-state index contributed by atoms with van der Waals surface area (Å²) >= 11 is 0. The third-order valence-corrected chi connectivity index (χ3v) is 15.4. The van der Waals surface area contributed by atoms with Crippen molar-refractivity contribution in [1.82, 2.24) is 0 Å². The average Bonchev–Trinajstić information content (AvgIpc) is 3.64. The highest BCUT2D eigenvalue weighted by molar-refractivity contribution is 5.70. The van der Waals surface area contributed by atoms with Crippen LogP contribution in [0.3, 0.4) is 0 Å². The Labute approximate surface area is 548 Å². The summed E-state index contributed by atoms with van der Waals surface area (Å²) in [6.07, 6.45) is 96.8. The topological polar surface area (TPSA) is 111 Å². The standard InChI is InChI=1S/C80H135NO8/c1-6-8-10-12-14-16-18-20-22-24-26-28-30-32-34-36-38-39-41-43-45-47-49-51-53-55-57-59-61-63-65-67-69-71-78(83)89-76(75-88-80(79(84)85)86-73-72-81(3,4)5)74-87-77(82)70-68-66-64-62-60-58-56-54-52-50-48-46-44-42-40-37-35-33-31-29-27-25-23-21-19-17-15-13-11-9-7-2/h8-11,14-17,20-23,26-29,32,34,38-39,43,45,76,80H,6-7,12-13,18-19,24-25,30-31,33,35-37,40-42,44,46-75H2,1-5H3/b10-8-,11-9-,16-14-,17-15-,22-20-,23-21-,28-26-,29-27-,34-32-,39-38-,45-43-. The molecule has 89 heavy (non-hydrogen) atoms. The van der Waals surface area contributed by atoms with Gasteiger partial charge in [-0.2, -0.15) is 0 Å². The molecule has 508 valence electrons. The van der Waals surface area contributed by atoms with Gasteiger partial charge >= 0.3 is 11.9 Å². The number of esters is 2. The van der Waals surface area contributed by atoms with Crippen LogP contribution in [-0.4, -0.2) is 82.3 Å². The molecule has 9 nitrogen and oxygen atoms in total. The second-order valence-electron chi connectivity index (χ2n) is 25.1. The summed E-state index contributed by atoms with van der Waals surface area (Å²) in [6, 6.07) is 0. The summed E-state index contributed by atoms with van der Waals surface area (Å²) in [4.78, 5) is 37.5. The molecule has 0 N–H and O–H groups in total. The van der Waals surface area contributed by atoms with E-state index in [1.165, 1.54) is 148 Å². The fraction of sp³-hybridized carbons (Fsp3) is 0.688. The number of unbranched alkanes of at least 4 members (excludes halogenated alkanes) is 29. The minimum Gasteiger partial charge on any atom is -0.545 e. The summed E-state index contributed by atoms with van der Waals surface area (Å²) in [5.41, 5.74) is 0. The van der Waals surface area contributed by atoms with Gasteiger partial charge in [0.15, 0.2) is 12.4 Å². The lowest BCUT2D eigenvalue weighted by Gasteiger charge is -2.26. The van der Waals surface area contributed by atoms with E-state index in [2.05, 4.69) is 148 Å². The number of carbonyl (C=O) groups excluding carboxylic acids is 3. The summed E-state index contributed by atoms with van der Waals surface area (Å²) in [7, 11) is 5.93. The summed E-state index contributed by atoms with van der Waals surface area (Å²) < 4.78 is 22.8. The van der Waals surface area contributed by atoms with Crippen LogP contribution in [0, 0.1) is 0 Å². The predicted molar refractivity (Wildman–Crippen MR) is 379 cm³/mol. The van der Waals surface area contributed by atoms with Crippen molar-refractivity contribution in [3.8, 4) is 0 Å². The van der Waals surface area contributed by atoms with Crippen molar-refractivity contribution in [3.05, 3.63) is 134 Å². The van der Waals surface area contributed by atoms with E-state index in [0.717, 1.165) is 116 Å². The molecule has 0 spiro atoms. The zero-order chi connectivity index (χ0) is 64.7. The lowest BCUT2D eigenvalue weighted by molar-refractivity contribution is -0.870. The number of allylic oxidation sites excluding steroid dienone is 22. The monoisotopic (exact) mass is 1240 g/mol. The fourth-order valence-corrected chi connectivity index (χ4v) is 9.92. The third-order valence-electron chi connectivity index (χ3n) is 15.4. The Morgan fingerprint density at radius 3 is 0.899 bits per heavy atom. The lowest BCUT2D eigenvalue weighted by atomic mass is 10.0. The molecule has 0 aliphatic carbocycles. The molecule has 2 unspecified atom stereocenters. The summed E-state index contributed by atoms with van der Waals surface area (Å²) in [5.74, 6) is -2.28. The zero-order valence-electron chi connectivity index (χ0n) is 58.0. The second-order valence-corrected chi connectivity index (χ2v) is 25.1. The van der Waals surface area contributed by atoms with Crippen LogP contribution in [0.1, 0.15) is 296 Å². The van der Waals surface area contributed by atoms with E-state index in [0.29, 0.717) is 17.4 Å². The van der Waals surface area contributed by atoms with Gasteiger partial charge < -0.3 is 33.3 Å². The van der Waals surface area contributed by atoms with Crippen molar-refractivity contribution >= 4 is 17.9 Å². The first kappa shape index (κ1) is 84.4. The Bertz CT molecular complexity index is 1930. The second kappa shape index (κ2) is 69.3. The highest BCUT2D eigenvalue weighted by atomic mass is 16.7. The average molecular weight is 1240 g/mol. The maximum atomic E-state index is 13.0. The van der Waals surface area contributed by atoms with Gasteiger partial charge in [0.2, 0.25) is 0 Å². The number of likely N-dealkylation sites (N-methyl/N-ethyl adjacent to an activating group) is 1. The van der Waals surface area contributed by atoms with Crippen LogP contribution in [-0.2, 0) is 33.3 Å². The number of aliphatic carboxylic acids is 1. The maximum Gasteiger partial charge on any atom is 0.306 e. The van der Waals surface area contributed by atoms with Gasteiger partial charge in [0, 0.05) is 12.8 Å². The van der Waals surface area contributed by atoms with Crippen molar-refractivity contribution < 1.29 is 42.9 Å². The van der Waals surface area contributed by atoms with Crippen LogP contribution in [0.5, 0.6) is 0 Å². The number of carboxylic acid groups (broad SMARTS) is 1. The van der Waals surface area contributed by atoms with E-state index in [-0.39, 0.29) is 38.6 Å². The SMILES string of the molecule is CC/C=C\C/C=C\C/C=C\C/C=C\C/C=C\C/C=C\C/C=C\CCCCCCCCCCCCCC(=O)OC(COC(=O)CCCCCCCCCCCCCCCCCCCC/C=C\C/C=C\C/C=C\C/C=C\CC)COC(OCC[N+](C)(C)C)C(=O)[O-]. The molecule has 0 saturated carbocycles. The maximum absolute atomic E-state index is 13.0. The molecule has 9 heteroatoms. The molecular formula is C80H135NO8. The smallest absolute Gasteiger partial charge is 0.306 e.